The van der Waals surface area contributed by atoms with Crippen LogP contribution in [0.15, 0.2) is 83.9 Å². The smallest absolute Gasteiger partial charge is 0.293 e. The van der Waals surface area contributed by atoms with Gasteiger partial charge in [0.2, 0.25) is 0 Å². The van der Waals surface area contributed by atoms with Crippen LogP contribution in [0.5, 0.6) is 11.5 Å². The van der Waals surface area contributed by atoms with Gasteiger partial charge in [0.05, 0.1) is 25.2 Å². The molecule has 1 aliphatic rings. The van der Waals surface area contributed by atoms with Gasteiger partial charge < -0.3 is 14.0 Å². The molecule has 3 aromatic carbocycles. The van der Waals surface area contributed by atoms with Crippen molar-refractivity contribution in [2.45, 2.75) is 19.5 Å². The van der Waals surface area contributed by atoms with Gasteiger partial charge in [-0.3, -0.25) is 14.5 Å². The minimum absolute atomic E-state index is 0.107. The fraction of sp³-hybridized carbons (Fsp3) is 0.172. The van der Waals surface area contributed by atoms with Crippen molar-refractivity contribution in [3.63, 3.8) is 0 Å². The van der Waals surface area contributed by atoms with E-state index in [4.69, 9.17) is 9.47 Å². The van der Waals surface area contributed by atoms with Gasteiger partial charge in [0, 0.05) is 29.2 Å². The number of methoxy groups -OCH3 is 1. The summed E-state index contributed by atoms with van der Waals surface area (Å²) in [7, 11) is 1.62. The number of para-hydroxylation sites is 3. The molecule has 0 radical (unpaired) electrons. The summed E-state index contributed by atoms with van der Waals surface area (Å²) in [4.78, 5) is 27.2. The van der Waals surface area contributed by atoms with Crippen LogP contribution in [0.1, 0.15) is 17.5 Å². The summed E-state index contributed by atoms with van der Waals surface area (Å²) in [5.74, 6) is 0.700. The Kier molecular flexibility index (Phi) is 7.28. The van der Waals surface area contributed by atoms with Gasteiger partial charge in [-0.1, -0.05) is 42.5 Å². The number of carbonyl (C=O) groups is 2. The summed E-state index contributed by atoms with van der Waals surface area (Å²) in [6.07, 6.45) is 4.55. The molecule has 0 aliphatic carbocycles. The molecule has 1 aromatic heterocycles. The molecule has 0 bridgehead atoms. The molecule has 0 atom stereocenters. The maximum Gasteiger partial charge on any atom is 0.293 e. The van der Waals surface area contributed by atoms with Crippen molar-refractivity contribution in [3.05, 3.63) is 101 Å². The van der Waals surface area contributed by atoms with E-state index in [-0.39, 0.29) is 23.5 Å². The van der Waals surface area contributed by atoms with E-state index >= 15 is 0 Å². The SMILES string of the molecule is COc1ccccc1OCCCn1cc(/C=C2\SC(=O)N(Cc3ccc(F)cc3)C2=O)c2ccccc21. The first-order chi connectivity index (χ1) is 18.0. The van der Waals surface area contributed by atoms with E-state index < -0.39 is 0 Å². The van der Waals surface area contributed by atoms with Crippen LogP contribution >= 0.6 is 11.8 Å². The first-order valence-corrected chi connectivity index (χ1v) is 12.7. The zero-order valence-corrected chi connectivity index (χ0v) is 21.0. The Bertz CT molecular complexity index is 1480. The number of benzene rings is 3. The van der Waals surface area contributed by atoms with E-state index in [9.17, 15) is 14.0 Å². The Morgan fingerprint density at radius 3 is 2.46 bits per heavy atom. The summed E-state index contributed by atoms with van der Waals surface area (Å²) in [6.45, 7) is 1.34. The molecular formula is C29H25FN2O4S. The largest absolute Gasteiger partial charge is 0.493 e. The fourth-order valence-electron chi connectivity index (χ4n) is 4.28. The Morgan fingerprint density at radius 1 is 0.946 bits per heavy atom. The highest BCUT2D eigenvalue weighted by atomic mass is 32.2. The molecule has 1 aliphatic heterocycles. The molecule has 4 aromatic rings. The molecule has 0 N–H and O–H groups in total. The van der Waals surface area contributed by atoms with E-state index in [0.717, 1.165) is 41.2 Å². The predicted molar refractivity (Wildman–Crippen MR) is 143 cm³/mol. The number of aryl methyl sites for hydroxylation is 1. The van der Waals surface area contributed by atoms with Gasteiger partial charge in [0.25, 0.3) is 11.1 Å². The molecule has 1 saturated heterocycles. The topological polar surface area (TPSA) is 60.8 Å². The van der Waals surface area contributed by atoms with Gasteiger partial charge in [-0.2, -0.15) is 0 Å². The molecule has 37 heavy (non-hydrogen) atoms. The van der Waals surface area contributed by atoms with Gasteiger partial charge in [-0.05, 0) is 60.2 Å². The summed E-state index contributed by atoms with van der Waals surface area (Å²) in [5.41, 5.74) is 2.60. The highest BCUT2D eigenvalue weighted by molar-refractivity contribution is 8.18. The highest BCUT2D eigenvalue weighted by Gasteiger charge is 2.35. The quantitative estimate of drug-likeness (QED) is 0.188. The van der Waals surface area contributed by atoms with Crippen LogP contribution < -0.4 is 9.47 Å². The number of fused-ring (bicyclic) bond motifs is 1. The van der Waals surface area contributed by atoms with Gasteiger partial charge in [0.15, 0.2) is 11.5 Å². The average molecular weight is 517 g/mol. The first-order valence-electron chi connectivity index (χ1n) is 11.9. The van der Waals surface area contributed by atoms with E-state index in [2.05, 4.69) is 4.57 Å². The normalized spacial score (nSPS) is 14.6. The molecule has 6 nitrogen and oxygen atoms in total. The molecule has 0 saturated carbocycles. The van der Waals surface area contributed by atoms with Gasteiger partial charge in [0.1, 0.15) is 5.82 Å². The van der Waals surface area contributed by atoms with E-state index in [0.29, 0.717) is 28.6 Å². The second-order valence-corrected chi connectivity index (χ2v) is 9.54. The number of carbonyl (C=O) groups excluding carboxylic acids is 2. The Balaban J connectivity index is 1.31. The summed E-state index contributed by atoms with van der Waals surface area (Å²) in [5, 5.41) is 0.663. The summed E-state index contributed by atoms with van der Waals surface area (Å²) < 4.78 is 26.6. The van der Waals surface area contributed by atoms with Gasteiger partial charge in [-0.15, -0.1) is 0 Å². The second kappa shape index (κ2) is 10.9. The van der Waals surface area contributed by atoms with Gasteiger partial charge in [-0.25, -0.2) is 4.39 Å². The van der Waals surface area contributed by atoms with Crippen molar-refractivity contribution >= 4 is 39.9 Å². The maximum absolute atomic E-state index is 13.2. The predicted octanol–water partition coefficient (Wildman–Crippen LogP) is 6.49. The standard InChI is InChI=1S/C29H25FN2O4S/c1-35-25-9-4-5-10-26(25)36-16-6-15-31-19-21(23-7-2-3-8-24(23)31)17-27-28(33)32(29(34)37-27)18-20-11-13-22(30)14-12-20/h2-5,7-14,17,19H,6,15-16,18H2,1H3/b27-17-. The molecule has 5 rings (SSSR count). The van der Waals surface area contributed by atoms with Crippen molar-refractivity contribution in [1.29, 1.82) is 0 Å². The number of halogens is 1. The third kappa shape index (κ3) is 5.39. The van der Waals surface area contributed by atoms with Crippen LogP contribution in [0.3, 0.4) is 0 Å². The van der Waals surface area contributed by atoms with Crippen LogP contribution in [-0.4, -0.2) is 34.3 Å². The zero-order valence-electron chi connectivity index (χ0n) is 20.2. The number of ether oxygens (including phenoxy) is 2. The number of rotatable bonds is 9. The monoisotopic (exact) mass is 516 g/mol. The minimum atomic E-state index is -0.361. The molecule has 2 heterocycles. The van der Waals surface area contributed by atoms with Crippen LogP contribution in [0.2, 0.25) is 0 Å². The van der Waals surface area contributed by atoms with Crippen molar-refractivity contribution < 1.29 is 23.5 Å². The Morgan fingerprint density at radius 2 is 1.68 bits per heavy atom. The molecule has 0 spiro atoms. The lowest BCUT2D eigenvalue weighted by Gasteiger charge is -2.12. The third-order valence-corrected chi connectivity index (χ3v) is 7.01. The number of amides is 2. The zero-order chi connectivity index (χ0) is 25.8. The second-order valence-electron chi connectivity index (χ2n) is 8.54. The highest BCUT2D eigenvalue weighted by Crippen LogP contribution is 2.35. The van der Waals surface area contributed by atoms with Crippen LogP contribution in [0, 0.1) is 5.82 Å². The lowest BCUT2D eigenvalue weighted by Crippen LogP contribution is -2.27. The van der Waals surface area contributed by atoms with Crippen LogP contribution in [-0.2, 0) is 17.9 Å². The summed E-state index contributed by atoms with van der Waals surface area (Å²) in [6, 6.07) is 21.3. The first kappa shape index (κ1) is 24.6. The molecule has 0 unspecified atom stereocenters. The lowest BCUT2D eigenvalue weighted by molar-refractivity contribution is -0.123. The molecule has 188 valence electrons. The average Bonchev–Trinajstić information content (AvgIpc) is 3.40. The number of aromatic nitrogens is 1. The lowest BCUT2D eigenvalue weighted by atomic mass is 10.1. The molecular weight excluding hydrogens is 491 g/mol. The number of thioether (sulfide) groups is 1. The van der Waals surface area contributed by atoms with E-state index in [1.807, 2.05) is 54.7 Å². The minimum Gasteiger partial charge on any atom is -0.493 e. The number of hydrogen-bond donors (Lipinski definition) is 0. The van der Waals surface area contributed by atoms with Crippen molar-refractivity contribution in [1.82, 2.24) is 9.47 Å². The van der Waals surface area contributed by atoms with E-state index in [1.54, 1.807) is 25.3 Å². The fourth-order valence-corrected chi connectivity index (χ4v) is 5.11. The number of hydrogen-bond acceptors (Lipinski definition) is 5. The third-order valence-electron chi connectivity index (χ3n) is 6.10. The van der Waals surface area contributed by atoms with Crippen molar-refractivity contribution in [3.8, 4) is 11.5 Å². The molecule has 1 fully saturated rings. The Labute approximate surface area is 218 Å². The van der Waals surface area contributed by atoms with Crippen LogP contribution in [0.4, 0.5) is 9.18 Å². The molecule has 8 heteroatoms. The van der Waals surface area contributed by atoms with E-state index in [1.165, 1.54) is 17.0 Å². The van der Waals surface area contributed by atoms with Crippen LogP contribution in [0.25, 0.3) is 17.0 Å². The molecule has 2 amide bonds. The van der Waals surface area contributed by atoms with Gasteiger partial charge >= 0.3 is 0 Å². The number of imide groups is 1. The maximum atomic E-state index is 13.2. The van der Waals surface area contributed by atoms with Crippen molar-refractivity contribution in [2.75, 3.05) is 13.7 Å². The Hall–Kier alpha value is -4.04. The number of nitrogens with zero attached hydrogens (tertiary/aromatic N) is 2. The summed E-state index contributed by atoms with van der Waals surface area (Å²) >= 11 is 0.923. The van der Waals surface area contributed by atoms with Crippen molar-refractivity contribution in [2.24, 2.45) is 0 Å².